The molecule has 98 valence electrons. The van der Waals surface area contributed by atoms with E-state index in [1.165, 1.54) is 11.5 Å². The van der Waals surface area contributed by atoms with Crippen LogP contribution in [-0.4, -0.2) is 36.2 Å². The second kappa shape index (κ2) is 8.37. The van der Waals surface area contributed by atoms with Crippen LogP contribution in [0.3, 0.4) is 0 Å². The van der Waals surface area contributed by atoms with Gasteiger partial charge in [0.1, 0.15) is 0 Å². The van der Waals surface area contributed by atoms with Crippen LogP contribution in [0.1, 0.15) is 41.5 Å². The minimum Gasteiger partial charge on any atom is -0.313 e. The van der Waals surface area contributed by atoms with Crippen LogP contribution in [0.5, 0.6) is 0 Å². The lowest BCUT2D eigenvalue weighted by molar-refractivity contribution is 0.437. The Morgan fingerprint density at radius 3 is 2.06 bits per heavy atom. The third kappa shape index (κ3) is 10.8. The topological polar surface area (TPSA) is 24.1 Å². The van der Waals surface area contributed by atoms with Crippen LogP contribution in [0.25, 0.3) is 0 Å². The summed E-state index contributed by atoms with van der Waals surface area (Å²) in [5.41, 5.74) is 0.255. The molecule has 2 N–H and O–H groups in total. The van der Waals surface area contributed by atoms with Gasteiger partial charge in [0.05, 0.1) is 0 Å². The molecule has 0 saturated carbocycles. The summed E-state index contributed by atoms with van der Waals surface area (Å²) in [5, 5.41) is 7.05. The number of rotatable bonds is 8. The number of hydrogen-bond donors (Lipinski definition) is 2. The minimum atomic E-state index is 0.255. The molecule has 0 rings (SSSR count). The molecule has 0 aromatic rings. The molecule has 0 bridgehead atoms. The molecule has 2 nitrogen and oxygen atoms in total. The van der Waals surface area contributed by atoms with Crippen LogP contribution in [-0.2, 0) is 0 Å². The number of thioether (sulfide) groups is 1. The zero-order valence-electron chi connectivity index (χ0n) is 11.9. The first kappa shape index (κ1) is 16.3. The van der Waals surface area contributed by atoms with Crippen molar-refractivity contribution in [3.05, 3.63) is 0 Å². The molecular formula is C13H30N2S. The van der Waals surface area contributed by atoms with Gasteiger partial charge >= 0.3 is 0 Å². The van der Waals surface area contributed by atoms with Crippen molar-refractivity contribution >= 4 is 11.8 Å². The summed E-state index contributed by atoms with van der Waals surface area (Å²) < 4.78 is 0. The fourth-order valence-corrected chi connectivity index (χ4v) is 1.91. The van der Waals surface area contributed by atoms with E-state index in [2.05, 4.69) is 52.2 Å². The Balaban J connectivity index is 3.22. The Bertz CT molecular complexity index is 164. The lowest BCUT2D eigenvalue weighted by Crippen LogP contribution is -2.37. The molecule has 0 fully saturated rings. The smallest absolute Gasteiger partial charge is 0.00968 e. The Kier molecular flexibility index (Phi) is 8.52. The summed E-state index contributed by atoms with van der Waals surface area (Å²) in [6.45, 7) is 15.6. The average Bonchev–Trinajstić information content (AvgIpc) is 2.14. The van der Waals surface area contributed by atoms with E-state index in [4.69, 9.17) is 0 Å². The van der Waals surface area contributed by atoms with Gasteiger partial charge in [-0.3, -0.25) is 0 Å². The first-order valence-electron chi connectivity index (χ1n) is 6.39. The van der Waals surface area contributed by atoms with Crippen molar-refractivity contribution in [1.29, 1.82) is 0 Å². The fourth-order valence-electron chi connectivity index (χ4n) is 1.19. The van der Waals surface area contributed by atoms with Crippen LogP contribution in [0, 0.1) is 5.92 Å². The largest absolute Gasteiger partial charge is 0.313 e. The lowest BCUT2D eigenvalue weighted by Gasteiger charge is -2.20. The molecule has 1 unspecified atom stereocenters. The number of hydrogen-bond acceptors (Lipinski definition) is 3. The first-order valence-corrected chi connectivity index (χ1v) is 7.54. The van der Waals surface area contributed by atoms with Crippen LogP contribution in [0.15, 0.2) is 0 Å². The maximum Gasteiger partial charge on any atom is 0.00968 e. The first-order chi connectivity index (χ1) is 7.33. The van der Waals surface area contributed by atoms with E-state index in [1.54, 1.807) is 0 Å². The zero-order valence-corrected chi connectivity index (χ0v) is 12.7. The second-order valence-electron chi connectivity index (χ2n) is 5.78. The molecule has 0 saturated heterocycles. The molecule has 3 heteroatoms. The average molecular weight is 246 g/mol. The quantitative estimate of drug-likeness (QED) is 0.644. The van der Waals surface area contributed by atoms with Gasteiger partial charge < -0.3 is 10.6 Å². The molecule has 0 aliphatic rings. The SMILES string of the molecule is CC(C)C(C)NCCSCCNC(C)(C)C. The lowest BCUT2D eigenvalue weighted by atomic mass is 10.1. The summed E-state index contributed by atoms with van der Waals surface area (Å²) >= 11 is 2.02. The van der Waals surface area contributed by atoms with E-state index >= 15 is 0 Å². The van der Waals surface area contributed by atoms with Gasteiger partial charge in [0.2, 0.25) is 0 Å². The van der Waals surface area contributed by atoms with E-state index in [1.807, 2.05) is 11.8 Å². The van der Waals surface area contributed by atoms with Gasteiger partial charge in [-0.05, 0) is 33.6 Å². The molecule has 0 aromatic heterocycles. The van der Waals surface area contributed by atoms with Crippen molar-refractivity contribution in [2.75, 3.05) is 24.6 Å². The van der Waals surface area contributed by atoms with Crippen LogP contribution < -0.4 is 10.6 Å². The Labute approximate surface area is 106 Å². The van der Waals surface area contributed by atoms with Gasteiger partial charge in [0, 0.05) is 36.2 Å². The summed E-state index contributed by atoms with van der Waals surface area (Å²) in [7, 11) is 0. The molecule has 0 amide bonds. The molecular weight excluding hydrogens is 216 g/mol. The Morgan fingerprint density at radius 1 is 1.00 bits per heavy atom. The molecule has 0 aromatic carbocycles. The normalized spacial score (nSPS) is 14.4. The van der Waals surface area contributed by atoms with Gasteiger partial charge in [-0.2, -0.15) is 11.8 Å². The molecule has 0 heterocycles. The highest BCUT2D eigenvalue weighted by molar-refractivity contribution is 7.99. The summed E-state index contributed by atoms with van der Waals surface area (Å²) in [5.74, 6) is 3.14. The fraction of sp³-hybridized carbons (Fsp3) is 1.00. The maximum atomic E-state index is 3.55. The monoisotopic (exact) mass is 246 g/mol. The van der Waals surface area contributed by atoms with E-state index in [-0.39, 0.29) is 5.54 Å². The minimum absolute atomic E-state index is 0.255. The third-order valence-electron chi connectivity index (χ3n) is 2.61. The Morgan fingerprint density at radius 2 is 1.56 bits per heavy atom. The van der Waals surface area contributed by atoms with Crippen molar-refractivity contribution < 1.29 is 0 Å². The molecule has 1 atom stereocenters. The van der Waals surface area contributed by atoms with Gasteiger partial charge in [-0.1, -0.05) is 13.8 Å². The van der Waals surface area contributed by atoms with Crippen LogP contribution in [0.4, 0.5) is 0 Å². The van der Waals surface area contributed by atoms with E-state index in [0.29, 0.717) is 6.04 Å². The van der Waals surface area contributed by atoms with E-state index in [9.17, 15) is 0 Å². The van der Waals surface area contributed by atoms with Gasteiger partial charge in [0.15, 0.2) is 0 Å². The Hall–Kier alpha value is 0.270. The van der Waals surface area contributed by atoms with Crippen molar-refractivity contribution in [3.8, 4) is 0 Å². The zero-order chi connectivity index (χ0) is 12.6. The standard InChI is InChI=1S/C13H30N2S/c1-11(2)12(3)14-7-9-16-10-8-15-13(4,5)6/h11-12,14-15H,7-10H2,1-6H3. The molecule has 0 aliphatic heterocycles. The van der Waals surface area contributed by atoms with Crippen molar-refractivity contribution in [3.63, 3.8) is 0 Å². The van der Waals surface area contributed by atoms with Crippen molar-refractivity contribution in [1.82, 2.24) is 10.6 Å². The van der Waals surface area contributed by atoms with E-state index in [0.717, 1.165) is 19.0 Å². The van der Waals surface area contributed by atoms with Gasteiger partial charge in [-0.25, -0.2) is 0 Å². The van der Waals surface area contributed by atoms with Gasteiger partial charge in [0.25, 0.3) is 0 Å². The van der Waals surface area contributed by atoms with Crippen LogP contribution >= 0.6 is 11.8 Å². The van der Waals surface area contributed by atoms with E-state index < -0.39 is 0 Å². The molecule has 0 radical (unpaired) electrons. The predicted molar refractivity (Wildman–Crippen MR) is 77.4 cm³/mol. The summed E-state index contributed by atoms with van der Waals surface area (Å²) in [6.07, 6.45) is 0. The molecule has 0 aliphatic carbocycles. The van der Waals surface area contributed by atoms with Crippen molar-refractivity contribution in [2.45, 2.75) is 53.1 Å². The molecule has 0 spiro atoms. The van der Waals surface area contributed by atoms with Crippen molar-refractivity contribution in [2.24, 2.45) is 5.92 Å². The highest BCUT2D eigenvalue weighted by atomic mass is 32.2. The van der Waals surface area contributed by atoms with Gasteiger partial charge in [-0.15, -0.1) is 0 Å². The summed E-state index contributed by atoms with van der Waals surface area (Å²) in [6, 6.07) is 0.633. The predicted octanol–water partition coefficient (Wildman–Crippen LogP) is 2.74. The number of nitrogens with one attached hydrogen (secondary N) is 2. The highest BCUT2D eigenvalue weighted by Gasteiger charge is 2.07. The second-order valence-corrected chi connectivity index (χ2v) is 7.00. The maximum absolute atomic E-state index is 3.55. The third-order valence-corrected chi connectivity index (χ3v) is 3.60. The van der Waals surface area contributed by atoms with Crippen LogP contribution in [0.2, 0.25) is 0 Å². The molecule has 16 heavy (non-hydrogen) atoms. The highest BCUT2D eigenvalue weighted by Crippen LogP contribution is 2.03. The summed E-state index contributed by atoms with van der Waals surface area (Å²) in [4.78, 5) is 0.